The van der Waals surface area contributed by atoms with Crippen molar-refractivity contribution in [3.8, 4) is 29.4 Å². The average Bonchev–Trinajstić information content (AvgIpc) is 3.12. The number of hydrogen-bond acceptors (Lipinski definition) is 3. The van der Waals surface area contributed by atoms with Gasteiger partial charge < -0.3 is 10.4 Å². The summed E-state index contributed by atoms with van der Waals surface area (Å²) in [6.45, 7) is 0. The molecule has 3 aromatic carbocycles. The zero-order valence-corrected chi connectivity index (χ0v) is 15.5. The number of pyridine rings is 1. The predicted octanol–water partition coefficient (Wildman–Crippen LogP) is 5.59. The van der Waals surface area contributed by atoms with Crippen molar-refractivity contribution in [2.24, 2.45) is 0 Å². The Morgan fingerprint density at radius 2 is 1.69 bits per heavy atom. The Morgan fingerprint density at radius 1 is 0.897 bits per heavy atom. The Labute approximate surface area is 168 Å². The zero-order chi connectivity index (χ0) is 19.8. The molecular weight excluding hydrogens is 358 g/mol. The van der Waals surface area contributed by atoms with E-state index in [2.05, 4.69) is 11.2 Å². The normalized spacial score (nSPS) is 10.9. The summed E-state index contributed by atoms with van der Waals surface area (Å²) in [5.41, 5.74) is 3.88. The molecule has 0 atom stereocenters. The van der Waals surface area contributed by atoms with Gasteiger partial charge in [-0.05, 0) is 53.2 Å². The van der Waals surface area contributed by atoms with Crippen LogP contribution in [0.15, 0.2) is 85.1 Å². The van der Waals surface area contributed by atoms with Crippen molar-refractivity contribution in [3.05, 3.63) is 90.6 Å². The fourth-order valence-electron chi connectivity index (χ4n) is 3.59. The van der Waals surface area contributed by atoms with Crippen molar-refractivity contribution in [1.82, 2.24) is 9.38 Å². The topological polar surface area (TPSA) is 49.6 Å². The number of imidazole rings is 1. The van der Waals surface area contributed by atoms with E-state index in [-0.39, 0.29) is 5.75 Å². The van der Waals surface area contributed by atoms with Crippen molar-refractivity contribution in [2.45, 2.75) is 0 Å². The summed E-state index contributed by atoms with van der Waals surface area (Å²) in [5.74, 6) is 3.60. The summed E-state index contributed by atoms with van der Waals surface area (Å²) >= 11 is 0. The molecule has 2 aromatic heterocycles. The lowest BCUT2D eigenvalue weighted by atomic mass is 10.0. The smallest absolute Gasteiger partial charge is 0.143 e. The lowest BCUT2D eigenvalue weighted by Gasteiger charge is -2.12. The molecule has 0 radical (unpaired) electrons. The van der Waals surface area contributed by atoms with Gasteiger partial charge in [0.2, 0.25) is 0 Å². The molecule has 4 heteroatoms. The number of aromatic hydroxyl groups is 1. The van der Waals surface area contributed by atoms with Gasteiger partial charge in [-0.1, -0.05) is 42.3 Å². The van der Waals surface area contributed by atoms with Crippen molar-refractivity contribution in [2.75, 3.05) is 5.32 Å². The van der Waals surface area contributed by atoms with Gasteiger partial charge in [0.25, 0.3) is 0 Å². The van der Waals surface area contributed by atoms with Gasteiger partial charge in [0.15, 0.2) is 0 Å². The molecule has 0 amide bonds. The number of aromatic nitrogens is 2. The highest BCUT2D eigenvalue weighted by molar-refractivity contribution is 6.02. The molecule has 0 spiro atoms. The Morgan fingerprint density at radius 3 is 2.52 bits per heavy atom. The van der Waals surface area contributed by atoms with E-state index in [1.807, 2.05) is 83.4 Å². The van der Waals surface area contributed by atoms with E-state index in [4.69, 9.17) is 11.4 Å². The maximum absolute atomic E-state index is 10.7. The van der Waals surface area contributed by atoms with Gasteiger partial charge in [-0.3, -0.25) is 4.40 Å². The van der Waals surface area contributed by atoms with E-state index in [1.165, 1.54) is 0 Å². The lowest BCUT2D eigenvalue weighted by Crippen LogP contribution is -1.97. The van der Waals surface area contributed by atoms with Gasteiger partial charge in [-0.25, -0.2) is 4.98 Å². The van der Waals surface area contributed by atoms with Crippen LogP contribution in [0, 0.1) is 12.3 Å². The number of terminal acetylenes is 1. The van der Waals surface area contributed by atoms with E-state index in [0.29, 0.717) is 11.3 Å². The monoisotopic (exact) mass is 375 g/mol. The Bertz CT molecular complexity index is 1390. The van der Waals surface area contributed by atoms with Crippen molar-refractivity contribution < 1.29 is 5.11 Å². The molecule has 0 fully saturated rings. The number of rotatable bonds is 3. The standard InChI is InChI=1S/C25H17N3O/c1-2-17-10-13-19(14-11-17)26-25-24(27-22-9-5-6-16-28(22)25)23-20-8-4-3-7-18(20)12-15-21(23)29/h1,3-16,26,29H. The van der Waals surface area contributed by atoms with Gasteiger partial charge in [0, 0.05) is 17.4 Å². The SMILES string of the molecule is C#Cc1ccc(Nc2c(-c3c(O)ccc4ccccc34)nc3ccccn23)cc1. The summed E-state index contributed by atoms with van der Waals surface area (Å²) in [6, 6.07) is 25.1. The fourth-order valence-corrected chi connectivity index (χ4v) is 3.59. The van der Waals surface area contributed by atoms with Crippen LogP contribution in [0.2, 0.25) is 0 Å². The van der Waals surface area contributed by atoms with Crippen LogP contribution in [-0.4, -0.2) is 14.5 Å². The highest BCUT2D eigenvalue weighted by Crippen LogP contribution is 2.40. The van der Waals surface area contributed by atoms with Crippen molar-refractivity contribution in [3.63, 3.8) is 0 Å². The molecule has 2 N–H and O–H groups in total. The van der Waals surface area contributed by atoms with Crippen LogP contribution in [0.5, 0.6) is 5.75 Å². The summed E-state index contributed by atoms with van der Waals surface area (Å²) in [5, 5.41) is 16.2. The first-order chi connectivity index (χ1) is 14.2. The molecule has 5 aromatic rings. The lowest BCUT2D eigenvalue weighted by molar-refractivity contribution is 0.478. The largest absolute Gasteiger partial charge is 0.507 e. The minimum absolute atomic E-state index is 0.192. The molecule has 0 aliphatic carbocycles. The van der Waals surface area contributed by atoms with Gasteiger partial charge >= 0.3 is 0 Å². The number of hydrogen-bond donors (Lipinski definition) is 2. The second kappa shape index (κ2) is 6.74. The molecule has 0 saturated heterocycles. The predicted molar refractivity (Wildman–Crippen MR) is 117 cm³/mol. The molecule has 29 heavy (non-hydrogen) atoms. The first-order valence-corrected chi connectivity index (χ1v) is 9.26. The molecule has 0 bridgehead atoms. The highest BCUT2D eigenvalue weighted by Gasteiger charge is 2.19. The second-order valence-corrected chi connectivity index (χ2v) is 6.77. The van der Waals surface area contributed by atoms with E-state index in [9.17, 15) is 5.11 Å². The third-order valence-electron chi connectivity index (χ3n) is 4.99. The van der Waals surface area contributed by atoms with E-state index in [1.54, 1.807) is 6.07 Å². The molecular formula is C25H17N3O. The van der Waals surface area contributed by atoms with E-state index in [0.717, 1.165) is 33.5 Å². The van der Waals surface area contributed by atoms with Crippen LogP contribution >= 0.6 is 0 Å². The Kier molecular flexibility index (Phi) is 3.93. The first-order valence-electron chi connectivity index (χ1n) is 9.26. The molecule has 2 heterocycles. The summed E-state index contributed by atoms with van der Waals surface area (Å²) in [6.07, 6.45) is 7.42. The van der Waals surface area contributed by atoms with Crippen LogP contribution in [0.25, 0.3) is 27.7 Å². The minimum atomic E-state index is 0.192. The van der Waals surface area contributed by atoms with E-state index >= 15 is 0 Å². The molecule has 5 rings (SSSR count). The molecule has 0 aliphatic heterocycles. The first kappa shape index (κ1) is 16.9. The maximum atomic E-state index is 10.7. The van der Waals surface area contributed by atoms with Gasteiger partial charge in [0.05, 0.1) is 5.56 Å². The maximum Gasteiger partial charge on any atom is 0.143 e. The van der Waals surface area contributed by atoms with Gasteiger partial charge in [-0.15, -0.1) is 6.42 Å². The number of phenols is 1. The van der Waals surface area contributed by atoms with Crippen molar-refractivity contribution >= 4 is 27.9 Å². The van der Waals surface area contributed by atoms with Crippen LogP contribution < -0.4 is 5.32 Å². The van der Waals surface area contributed by atoms with E-state index < -0.39 is 0 Å². The molecule has 0 saturated carbocycles. The number of phenolic OH excluding ortho intramolecular Hbond substituents is 1. The van der Waals surface area contributed by atoms with Crippen molar-refractivity contribution in [1.29, 1.82) is 0 Å². The number of anilines is 2. The summed E-state index contributed by atoms with van der Waals surface area (Å²) < 4.78 is 1.98. The quantitative estimate of drug-likeness (QED) is 0.405. The van der Waals surface area contributed by atoms with Crippen LogP contribution in [0.1, 0.15) is 5.56 Å². The second-order valence-electron chi connectivity index (χ2n) is 6.77. The highest BCUT2D eigenvalue weighted by atomic mass is 16.3. The summed E-state index contributed by atoms with van der Waals surface area (Å²) in [4.78, 5) is 4.83. The third-order valence-corrected chi connectivity index (χ3v) is 4.99. The number of fused-ring (bicyclic) bond motifs is 2. The number of nitrogens with zero attached hydrogens (tertiary/aromatic N) is 2. The van der Waals surface area contributed by atoms with Crippen LogP contribution in [0.4, 0.5) is 11.5 Å². The number of benzene rings is 3. The zero-order valence-electron chi connectivity index (χ0n) is 15.5. The minimum Gasteiger partial charge on any atom is -0.507 e. The van der Waals surface area contributed by atoms with Gasteiger partial charge in [0.1, 0.15) is 22.9 Å². The Hall–Kier alpha value is -4.23. The van der Waals surface area contributed by atoms with Crippen LogP contribution in [0.3, 0.4) is 0 Å². The fraction of sp³-hybridized carbons (Fsp3) is 0. The third kappa shape index (κ3) is 2.86. The summed E-state index contributed by atoms with van der Waals surface area (Å²) in [7, 11) is 0. The molecule has 4 nitrogen and oxygen atoms in total. The Balaban J connectivity index is 1.76. The molecule has 0 aliphatic rings. The van der Waals surface area contributed by atoms with Crippen LogP contribution in [-0.2, 0) is 0 Å². The molecule has 138 valence electrons. The number of nitrogens with one attached hydrogen (secondary N) is 1. The molecule has 0 unspecified atom stereocenters. The van der Waals surface area contributed by atoms with Gasteiger partial charge in [-0.2, -0.15) is 0 Å². The average molecular weight is 375 g/mol.